The molecule has 0 bridgehead atoms. The summed E-state index contributed by atoms with van der Waals surface area (Å²) in [6, 6.07) is 0. The summed E-state index contributed by atoms with van der Waals surface area (Å²) >= 11 is 4.88. The van der Waals surface area contributed by atoms with Crippen LogP contribution in [0.25, 0.3) is 0 Å². The molecule has 0 aliphatic heterocycles. The van der Waals surface area contributed by atoms with Gasteiger partial charge in [0.15, 0.2) is 5.13 Å². The minimum absolute atomic E-state index is 0.296. The van der Waals surface area contributed by atoms with Gasteiger partial charge >= 0.3 is 0 Å². The van der Waals surface area contributed by atoms with Gasteiger partial charge in [-0.25, -0.2) is 4.98 Å². The van der Waals surface area contributed by atoms with Crippen LogP contribution in [-0.4, -0.2) is 24.2 Å². The zero-order chi connectivity index (χ0) is 9.68. The summed E-state index contributed by atoms with van der Waals surface area (Å²) in [4.78, 5) is 4.20. The maximum Gasteiger partial charge on any atom is 0.183 e. The molecule has 1 aromatic heterocycles. The van der Waals surface area contributed by atoms with E-state index in [2.05, 4.69) is 26.2 Å². The molecule has 1 rings (SSSR count). The van der Waals surface area contributed by atoms with Gasteiger partial charge in [-0.2, -0.15) is 0 Å². The molecule has 0 saturated heterocycles. The van der Waals surface area contributed by atoms with Crippen molar-refractivity contribution in [1.29, 1.82) is 0 Å². The third-order valence-electron chi connectivity index (χ3n) is 1.31. The van der Waals surface area contributed by atoms with Crippen LogP contribution in [0.2, 0.25) is 0 Å². The highest BCUT2D eigenvalue weighted by molar-refractivity contribution is 9.10. The van der Waals surface area contributed by atoms with E-state index in [4.69, 9.17) is 4.74 Å². The van der Waals surface area contributed by atoms with Crippen LogP contribution in [0.1, 0.15) is 13.8 Å². The van der Waals surface area contributed by atoms with E-state index in [0.717, 1.165) is 22.9 Å². The maximum atomic E-state index is 5.37. The zero-order valence-corrected chi connectivity index (χ0v) is 10.1. The fraction of sp³-hybridized carbons (Fsp3) is 0.625. The van der Waals surface area contributed by atoms with Crippen molar-refractivity contribution in [2.75, 3.05) is 18.5 Å². The molecule has 1 N–H and O–H groups in total. The number of nitrogens with one attached hydrogen (secondary N) is 1. The van der Waals surface area contributed by atoms with Gasteiger partial charge in [0, 0.05) is 11.9 Å². The van der Waals surface area contributed by atoms with E-state index in [9.17, 15) is 0 Å². The average molecular weight is 265 g/mol. The molecule has 3 nitrogen and oxygen atoms in total. The zero-order valence-electron chi connectivity index (χ0n) is 7.71. The minimum Gasteiger partial charge on any atom is -0.377 e. The standard InChI is InChI=1S/C8H13BrN2OS/c1-6(2)12-4-3-10-8-11-7(9)5-13-8/h5-6H,3-4H2,1-2H3,(H,10,11). The van der Waals surface area contributed by atoms with Crippen molar-refractivity contribution in [3.05, 3.63) is 9.98 Å². The Bertz CT molecular complexity index is 252. The van der Waals surface area contributed by atoms with Crippen molar-refractivity contribution in [3.63, 3.8) is 0 Å². The monoisotopic (exact) mass is 264 g/mol. The van der Waals surface area contributed by atoms with Gasteiger partial charge in [-0.15, -0.1) is 11.3 Å². The van der Waals surface area contributed by atoms with E-state index < -0.39 is 0 Å². The number of aromatic nitrogens is 1. The summed E-state index contributed by atoms with van der Waals surface area (Å²) in [5.41, 5.74) is 0. The van der Waals surface area contributed by atoms with Crippen LogP contribution in [0, 0.1) is 0 Å². The fourth-order valence-electron chi connectivity index (χ4n) is 0.788. The van der Waals surface area contributed by atoms with Crippen molar-refractivity contribution < 1.29 is 4.74 Å². The molecule has 0 fully saturated rings. The summed E-state index contributed by atoms with van der Waals surface area (Å²) in [6.45, 7) is 5.58. The van der Waals surface area contributed by atoms with Crippen molar-refractivity contribution in [2.45, 2.75) is 20.0 Å². The molecule has 13 heavy (non-hydrogen) atoms. The predicted molar refractivity (Wildman–Crippen MR) is 59.4 cm³/mol. The first kappa shape index (κ1) is 10.9. The second-order valence-corrected chi connectivity index (χ2v) is 4.49. The molecule has 0 aromatic carbocycles. The molecular formula is C8H13BrN2OS. The van der Waals surface area contributed by atoms with Gasteiger partial charge in [0.1, 0.15) is 4.60 Å². The Balaban J connectivity index is 2.13. The van der Waals surface area contributed by atoms with Crippen LogP contribution >= 0.6 is 27.3 Å². The lowest BCUT2D eigenvalue weighted by molar-refractivity contribution is 0.0870. The van der Waals surface area contributed by atoms with E-state index in [1.165, 1.54) is 0 Å². The molecule has 1 aromatic rings. The highest BCUT2D eigenvalue weighted by Crippen LogP contribution is 2.18. The third kappa shape index (κ3) is 4.59. The van der Waals surface area contributed by atoms with Crippen molar-refractivity contribution in [1.82, 2.24) is 4.98 Å². The highest BCUT2D eigenvalue weighted by atomic mass is 79.9. The first-order valence-electron chi connectivity index (χ1n) is 4.15. The molecule has 0 spiro atoms. The van der Waals surface area contributed by atoms with Crippen LogP contribution in [0.15, 0.2) is 9.98 Å². The van der Waals surface area contributed by atoms with Crippen molar-refractivity contribution in [3.8, 4) is 0 Å². The first-order valence-corrected chi connectivity index (χ1v) is 5.82. The van der Waals surface area contributed by atoms with Gasteiger partial charge in [-0.1, -0.05) is 0 Å². The van der Waals surface area contributed by atoms with Crippen LogP contribution in [0.4, 0.5) is 5.13 Å². The molecule has 0 saturated carbocycles. The maximum absolute atomic E-state index is 5.37. The number of halogens is 1. The van der Waals surface area contributed by atoms with Gasteiger partial charge < -0.3 is 10.1 Å². The molecule has 0 aliphatic carbocycles. The second kappa shape index (κ2) is 5.57. The van der Waals surface area contributed by atoms with Gasteiger partial charge in [-0.05, 0) is 29.8 Å². The molecule has 0 amide bonds. The Morgan fingerprint density at radius 1 is 1.69 bits per heavy atom. The predicted octanol–water partition coefficient (Wildman–Crippen LogP) is 2.74. The smallest absolute Gasteiger partial charge is 0.183 e. The normalized spacial score (nSPS) is 10.8. The van der Waals surface area contributed by atoms with Gasteiger partial charge in [-0.3, -0.25) is 0 Å². The number of rotatable bonds is 5. The van der Waals surface area contributed by atoms with Crippen LogP contribution in [-0.2, 0) is 4.74 Å². The minimum atomic E-state index is 0.296. The number of nitrogens with zero attached hydrogens (tertiary/aromatic N) is 1. The summed E-state index contributed by atoms with van der Waals surface area (Å²) in [6.07, 6.45) is 0.296. The molecule has 74 valence electrons. The van der Waals surface area contributed by atoms with E-state index in [0.29, 0.717) is 6.10 Å². The molecule has 5 heteroatoms. The summed E-state index contributed by atoms with van der Waals surface area (Å²) in [7, 11) is 0. The fourth-order valence-corrected chi connectivity index (χ4v) is 1.96. The molecular weight excluding hydrogens is 252 g/mol. The number of thiazole rings is 1. The Labute approximate surface area is 90.6 Å². The lowest BCUT2D eigenvalue weighted by Crippen LogP contribution is -2.12. The first-order chi connectivity index (χ1) is 6.18. The largest absolute Gasteiger partial charge is 0.377 e. The van der Waals surface area contributed by atoms with Gasteiger partial charge in [0.05, 0.1) is 12.7 Å². The Morgan fingerprint density at radius 3 is 3.00 bits per heavy atom. The SMILES string of the molecule is CC(C)OCCNc1nc(Br)cs1. The van der Waals surface area contributed by atoms with E-state index in [1.807, 2.05) is 19.2 Å². The lowest BCUT2D eigenvalue weighted by atomic mass is 10.5. The van der Waals surface area contributed by atoms with Crippen LogP contribution < -0.4 is 5.32 Å². The van der Waals surface area contributed by atoms with Crippen LogP contribution in [0.3, 0.4) is 0 Å². The highest BCUT2D eigenvalue weighted by Gasteiger charge is 1.98. The Morgan fingerprint density at radius 2 is 2.46 bits per heavy atom. The average Bonchev–Trinajstić information content (AvgIpc) is 2.45. The van der Waals surface area contributed by atoms with Gasteiger partial charge in [0.2, 0.25) is 0 Å². The molecule has 1 heterocycles. The van der Waals surface area contributed by atoms with Crippen molar-refractivity contribution >= 4 is 32.4 Å². The van der Waals surface area contributed by atoms with Gasteiger partial charge in [0.25, 0.3) is 0 Å². The summed E-state index contributed by atoms with van der Waals surface area (Å²) in [5, 5.41) is 6.05. The van der Waals surface area contributed by atoms with E-state index >= 15 is 0 Å². The number of hydrogen-bond donors (Lipinski definition) is 1. The number of hydrogen-bond acceptors (Lipinski definition) is 4. The van der Waals surface area contributed by atoms with E-state index in [-0.39, 0.29) is 0 Å². The quantitative estimate of drug-likeness (QED) is 0.831. The number of ether oxygens (including phenoxy) is 1. The topological polar surface area (TPSA) is 34.1 Å². The Kier molecular flexibility index (Phi) is 4.69. The summed E-state index contributed by atoms with van der Waals surface area (Å²) < 4.78 is 6.25. The summed E-state index contributed by atoms with van der Waals surface area (Å²) in [5.74, 6) is 0. The van der Waals surface area contributed by atoms with Crippen molar-refractivity contribution in [2.24, 2.45) is 0 Å². The molecule has 0 atom stereocenters. The second-order valence-electron chi connectivity index (χ2n) is 2.82. The lowest BCUT2D eigenvalue weighted by Gasteiger charge is -2.07. The molecule has 0 aliphatic rings. The Hall–Kier alpha value is -0.130. The molecule has 0 radical (unpaired) electrons. The van der Waals surface area contributed by atoms with E-state index in [1.54, 1.807) is 11.3 Å². The number of anilines is 1. The third-order valence-corrected chi connectivity index (χ3v) is 2.81. The molecule has 0 unspecified atom stereocenters. The van der Waals surface area contributed by atoms with Crippen LogP contribution in [0.5, 0.6) is 0 Å².